The molecular weight excluding hydrogens is 180 g/mol. The molecule has 1 aliphatic heterocycles. The molecule has 1 aliphatic rings. The third-order valence-corrected chi connectivity index (χ3v) is 2.58. The molecule has 2 rings (SSSR count). The molecule has 2 heterocycles. The molecule has 1 aromatic heterocycles. The van der Waals surface area contributed by atoms with Crippen LogP contribution < -0.4 is 0 Å². The van der Waals surface area contributed by atoms with Crippen LogP contribution in [0.3, 0.4) is 0 Å². The second kappa shape index (κ2) is 3.63. The summed E-state index contributed by atoms with van der Waals surface area (Å²) in [7, 11) is 0. The molecule has 4 nitrogen and oxygen atoms in total. The van der Waals surface area contributed by atoms with Crippen LogP contribution in [0.1, 0.15) is 25.5 Å². The number of aliphatic hydroxyl groups is 1. The number of rotatable bonds is 1. The summed E-state index contributed by atoms with van der Waals surface area (Å²) in [5.41, 5.74) is -0.207. The second-order valence-electron chi connectivity index (χ2n) is 3.76. The van der Waals surface area contributed by atoms with E-state index in [0.717, 1.165) is 0 Å². The molecule has 76 valence electrons. The van der Waals surface area contributed by atoms with Crippen LogP contribution in [0, 0.1) is 0 Å². The molecule has 1 aromatic rings. The van der Waals surface area contributed by atoms with Crippen molar-refractivity contribution in [2.75, 3.05) is 6.61 Å². The van der Waals surface area contributed by atoms with Crippen molar-refractivity contribution in [3.8, 4) is 0 Å². The van der Waals surface area contributed by atoms with E-state index in [-0.39, 0.29) is 6.10 Å². The van der Waals surface area contributed by atoms with Crippen molar-refractivity contribution in [3.63, 3.8) is 0 Å². The zero-order valence-corrected chi connectivity index (χ0v) is 8.18. The van der Waals surface area contributed by atoms with Gasteiger partial charge >= 0.3 is 0 Å². The molecule has 2 atom stereocenters. The molecule has 1 N–H and O–H groups in total. The van der Waals surface area contributed by atoms with E-state index in [0.29, 0.717) is 25.1 Å². The summed E-state index contributed by atoms with van der Waals surface area (Å²) in [4.78, 5) is 8.11. The van der Waals surface area contributed by atoms with E-state index in [4.69, 9.17) is 4.74 Å². The topological polar surface area (TPSA) is 55.2 Å². The normalized spacial score (nSPS) is 32.9. The zero-order valence-electron chi connectivity index (χ0n) is 8.18. The van der Waals surface area contributed by atoms with Crippen molar-refractivity contribution in [1.82, 2.24) is 9.97 Å². The van der Waals surface area contributed by atoms with Crippen molar-refractivity contribution in [2.24, 2.45) is 0 Å². The minimum absolute atomic E-state index is 0.0794. The standard InChI is InChI=1S/C10H14N2O2/c1-8-6-10(13,2-5-14-8)9-7-11-3-4-12-9/h3-4,7-8,13H,2,5-6H2,1H3. The molecule has 0 spiro atoms. The minimum Gasteiger partial charge on any atom is -0.383 e. The van der Waals surface area contributed by atoms with Gasteiger partial charge in [0.2, 0.25) is 0 Å². The van der Waals surface area contributed by atoms with Gasteiger partial charge in [-0.25, -0.2) is 0 Å². The number of ether oxygens (including phenoxy) is 1. The first-order valence-corrected chi connectivity index (χ1v) is 4.81. The van der Waals surface area contributed by atoms with Gasteiger partial charge in [0, 0.05) is 25.2 Å². The van der Waals surface area contributed by atoms with E-state index in [2.05, 4.69) is 9.97 Å². The van der Waals surface area contributed by atoms with Gasteiger partial charge in [-0.05, 0) is 6.92 Å². The van der Waals surface area contributed by atoms with Crippen molar-refractivity contribution in [1.29, 1.82) is 0 Å². The lowest BCUT2D eigenvalue weighted by Crippen LogP contribution is -2.38. The lowest BCUT2D eigenvalue weighted by Gasteiger charge is -2.34. The maximum Gasteiger partial charge on any atom is 0.113 e. The molecule has 0 aromatic carbocycles. The fraction of sp³-hybridized carbons (Fsp3) is 0.600. The number of aromatic nitrogens is 2. The van der Waals surface area contributed by atoms with E-state index in [1.54, 1.807) is 18.6 Å². The molecule has 0 amide bonds. The SMILES string of the molecule is CC1CC(O)(c2cnccn2)CCO1. The Morgan fingerprint density at radius 2 is 2.43 bits per heavy atom. The maximum absolute atomic E-state index is 10.3. The van der Waals surface area contributed by atoms with Crippen LogP contribution in [0.2, 0.25) is 0 Å². The van der Waals surface area contributed by atoms with Crippen LogP contribution in [0.5, 0.6) is 0 Å². The van der Waals surface area contributed by atoms with Gasteiger partial charge in [0.1, 0.15) is 5.60 Å². The van der Waals surface area contributed by atoms with Crippen LogP contribution in [-0.4, -0.2) is 27.8 Å². The lowest BCUT2D eigenvalue weighted by atomic mass is 9.88. The average molecular weight is 194 g/mol. The highest BCUT2D eigenvalue weighted by molar-refractivity contribution is 5.09. The predicted molar refractivity (Wildman–Crippen MR) is 50.6 cm³/mol. The Morgan fingerprint density at radius 3 is 3.07 bits per heavy atom. The van der Waals surface area contributed by atoms with E-state index >= 15 is 0 Å². The summed E-state index contributed by atoms with van der Waals surface area (Å²) < 4.78 is 5.39. The fourth-order valence-electron chi connectivity index (χ4n) is 1.84. The van der Waals surface area contributed by atoms with Gasteiger partial charge in [0.25, 0.3) is 0 Å². The molecular formula is C10H14N2O2. The lowest BCUT2D eigenvalue weighted by molar-refractivity contribution is -0.104. The molecule has 1 fully saturated rings. The number of hydrogen-bond acceptors (Lipinski definition) is 4. The molecule has 0 saturated carbocycles. The third-order valence-electron chi connectivity index (χ3n) is 2.58. The molecule has 4 heteroatoms. The summed E-state index contributed by atoms with van der Waals surface area (Å²) in [6.45, 7) is 2.54. The molecule has 2 unspecified atom stereocenters. The Hall–Kier alpha value is -1.00. The molecule has 0 bridgehead atoms. The summed E-state index contributed by atoms with van der Waals surface area (Å²) in [6.07, 6.45) is 6.10. The van der Waals surface area contributed by atoms with Crippen LogP contribution >= 0.6 is 0 Å². The van der Waals surface area contributed by atoms with Gasteiger partial charge in [0.15, 0.2) is 0 Å². The molecule has 14 heavy (non-hydrogen) atoms. The van der Waals surface area contributed by atoms with Gasteiger partial charge < -0.3 is 9.84 Å². The Kier molecular flexibility index (Phi) is 2.48. The minimum atomic E-state index is -0.855. The first kappa shape index (κ1) is 9.55. The smallest absolute Gasteiger partial charge is 0.113 e. The summed E-state index contributed by atoms with van der Waals surface area (Å²) in [5, 5.41) is 10.3. The number of nitrogens with zero attached hydrogens (tertiary/aromatic N) is 2. The Morgan fingerprint density at radius 1 is 1.57 bits per heavy atom. The highest BCUT2D eigenvalue weighted by Gasteiger charge is 2.36. The van der Waals surface area contributed by atoms with Gasteiger partial charge in [-0.15, -0.1) is 0 Å². The van der Waals surface area contributed by atoms with Gasteiger partial charge in [0.05, 0.1) is 24.6 Å². The van der Waals surface area contributed by atoms with Gasteiger partial charge in [-0.2, -0.15) is 0 Å². The molecule has 0 radical (unpaired) electrons. The van der Waals surface area contributed by atoms with Crippen LogP contribution in [0.4, 0.5) is 0 Å². The first-order chi connectivity index (χ1) is 6.71. The van der Waals surface area contributed by atoms with Crippen molar-refractivity contribution >= 4 is 0 Å². The Bertz CT molecular complexity index is 304. The van der Waals surface area contributed by atoms with Crippen LogP contribution in [-0.2, 0) is 10.3 Å². The van der Waals surface area contributed by atoms with E-state index < -0.39 is 5.60 Å². The maximum atomic E-state index is 10.3. The monoisotopic (exact) mass is 194 g/mol. The van der Waals surface area contributed by atoms with E-state index in [1.807, 2.05) is 6.92 Å². The predicted octanol–water partition coefficient (Wildman–Crippen LogP) is 0.863. The number of hydrogen-bond donors (Lipinski definition) is 1. The third kappa shape index (κ3) is 1.76. The van der Waals surface area contributed by atoms with Gasteiger partial charge in [-0.1, -0.05) is 0 Å². The summed E-state index contributed by atoms with van der Waals surface area (Å²) in [5.74, 6) is 0. The largest absolute Gasteiger partial charge is 0.383 e. The van der Waals surface area contributed by atoms with E-state index in [9.17, 15) is 5.11 Å². The molecule has 0 aliphatic carbocycles. The van der Waals surface area contributed by atoms with Crippen molar-refractivity contribution in [3.05, 3.63) is 24.3 Å². The second-order valence-corrected chi connectivity index (χ2v) is 3.76. The van der Waals surface area contributed by atoms with Crippen molar-refractivity contribution < 1.29 is 9.84 Å². The summed E-state index contributed by atoms with van der Waals surface area (Å²) in [6, 6.07) is 0. The average Bonchev–Trinajstić information content (AvgIpc) is 2.19. The van der Waals surface area contributed by atoms with Crippen LogP contribution in [0.15, 0.2) is 18.6 Å². The fourth-order valence-corrected chi connectivity index (χ4v) is 1.84. The van der Waals surface area contributed by atoms with E-state index in [1.165, 1.54) is 0 Å². The highest BCUT2D eigenvalue weighted by Crippen LogP contribution is 2.32. The van der Waals surface area contributed by atoms with Crippen molar-refractivity contribution in [2.45, 2.75) is 31.5 Å². The Balaban J connectivity index is 2.23. The Labute approximate surface area is 83.0 Å². The quantitative estimate of drug-likeness (QED) is 0.720. The molecule has 1 saturated heterocycles. The zero-order chi connectivity index (χ0) is 10.0. The highest BCUT2D eigenvalue weighted by atomic mass is 16.5. The first-order valence-electron chi connectivity index (χ1n) is 4.81. The summed E-state index contributed by atoms with van der Waals surface area (Å²) >= 11 is 0. The van der Waals surface area contributed by atoms with Crippen LogP contribution in [0.25, 0.3) is 0 Å². The van der Waals surface area contributed by atoms with Gasteiger partial charge in [-0.3, -0.25) is 9.97 Å².